The molecule has 3 aliphatic rings. The minimum atomic E-state index is -0.483. The van der Waals surface area contributed by atoms with Crippen LogP contribution in [0, 0.1) is 0 Å². The predicted molar refractivity (Wildman–Crippen MR) is 57.8 cm³/mol. The third-order valence-electron chi connectivity index (χ3n) is 3.74. The number of nitrogens with zero attached hydrogens (tertiary/aromatic N) is 5. The quantitative estimate of drug-likeness (QED) is 0.686. The van der Waals surface area contributed by atoms with Crippen molar-refractivity contribution in [2.75, 3.05) is 32.7 Å². The van der Waals surface area contributed by atoms with E-state index in [-0.39, 0.29) is 6.04 Å². The maximum atomic E-state index is 10.4. The molecule has 1 aromatic heterocycles. The van der Waals surface area contributed by atoms with Gasteiger partial charge in [0.2, 0.25) is 0 Å². The zero-order valence-corrected chi connectivity index (χ0v) is 9.45. The summed E-state index contributed by atoms with van der Waals surface area (Å²) in [5.41, 5.74) is 0.804. The highest BCUT2D eigenvalue weighted by molar-refractivity contribution is 5.05. The van der Waals surface area contributed by atoms with Crippen LogP contribution in [0.4, 0.5) is 0 Å². The molecule has 0 radical (unpaired) electrons. The van der Waals surface area contributed by atoms with Crippen molar-refractivity contribution in [2.45, 2.75) is 12.1 Å². The van der Waals surface area contributed by atoms with Gasteiger partial charge in [-0.1, -0.05) is 5.21 Å². The van der Waals surface area contributed by atoms with Crippen LogP contribution < -0.4 is 0 Å². The maximum absolute atomic E-state index is 10.4. The largest absolute Gasteiger partial charge is 0.385 e. The van der Waals surface area contributed by atoms with Crippen LogP contribution in [-0.2, 0) is 7.05 Å². The van der Waals surface area contributed by atoms with Gasteiger partial charge in [0, 0.05) is 39.8 Å². The number of rotatable bonds is 2. The van der Waals surface area contributed by atoms with E-state index in [1.165, 1.54) is 0 Å². The average molecular weight is 223 g/mol. The number of fused-ring (bicyclic) bond motifs is 3. The fraction of sp³-hybridized carbons (Fsp3) is 0.800. The fourth-order valence-electron chi connectivity index (χ4n) is 2.72. The summed E-state index contributed by atoms with van der Waals surface area (Å²) in [5.74, 6) is 0. The third kappa shape index (κ3) is 1.53. The van der Waals surface area contributed by atoms with Crippen LogP contribution in [0.1, 0.15) is 11.8 Å². The molecule has 88 valence electrons. The maximum Gasteiger partial charge on any atom is 0.114 e. The van der Waals surface area contributed by atoms with Gasteiger partial charge in [0.05, 0.1) is 17.9 Å². The van der Waals surface area contributed by atoms with Gasteiger partial charge >= 0.3 is 0 Å². The minimum Gasteiger partial charge on any atom is -0.385 e. The van der Waals surface area contributed by atoms with E-state index in [0.717, 1.165) is 38.4 Å². The molecule has 2 atom stereocenters. The molecule has 0 amide bonds. The highest BCUT2D eigenvalue weighted by Crippen LogP contribution is 2.26. The smallest absolute Gasteiger partial charge is 0.114 e. The first-order valence-corrected chi connectivity index (χ1v) is 5.75. The van der Waals surface area contributed by atoms with E-state index in [1.54, 1.807) is 10.9 Å². The predicted octanol–water partition coefficient (Wildman–Crippen LogP) is -1.15. The van der Waals surface area contributed by atoms with E-state index in [2.05, 4.69) is 20.1 Å². The summed E-state index contributed by atoms with van der Waals surface area (Å²) in [6.45, 7) is 5.34. The number of piperazine rings is 3. The SMILES string of the molecule is Cn1nncc1C(O)C1CN2CCN1CC2. The molecule has 1 aromatic rings. The molecule has 2 bridgehead atoms. The Morgan fingerprint density at radius 2 is 2.12 bits per heavy atom. The Labute approximate surface area is 94.4 Å². The summed E-state index contributed by atoms with van der Waals surface area (Å²) in [6.07, 6.45) is 1.17. The molecule has 6 nitrogen and oxygen atoms in total. The molecule has 3 fully saturated rings. The molecule has 2 unspecified atom stereocenters. The van der Waals surface area contributed by atoms with Crippen LogP contribution in [0.2, 0.25) is 0 Å². The molecule has 4 rings (SSSR count). The molecule has 1 N–H and O–H groups in total. The second kappa shape index (κ2) is 3.80. The first-order chi connectivity index (χ1) is 7.75. The van der Waals surface area contributed by atoms with Crippen LogP contribution >= 0.6 is 0 Å². The summed E-state index contributed by atoms with van der Waals surface area (Å²) in [6, 6.07) is 0.194. The Kier molecular flexibility index (Phi) is 2.42. The number of aromatic nitrogens is 3. The summed E-state index contributed by atoms with van der Waals surface area (Å²) in [5, 5.41) is 18.1. The lowest BCUT2D eigenvalue weighted by molar-refractivity contribution is -0.0493. The van der Waals surface area contributed by atoms with Gasteiger partial charge in [0.1, 0.15) is 6.10 Å². The van der Waals surface area contributed by atoms with E-state index in [9.17, 15) is 5.11 Å². The van der Waals surface area contributed by atoms with Crippen molar-refractivity contribution in [1.82, 2.24) is 24.8 Å². The van der Waals surface area contributed by atoms with Gasteiger partial charge < -0.3 is 5.11 Å². The van der Waals surface area contributed by atoms with Crippen LogP contribution in [0.25, 0.3) is 0 Å². The lowest BCUT2D eigenvalue weighted by Gasteiger charge is -2.48. The van der Waals surface area contributed by atoms with Crippen LogP contribution in [0.15, 0.2) is 6.20 Å². The van der Waals surface area contributed by atoms with E-state index in [0.29, 0.717) is 0 Å². The molecule has 0 aromatic carbocycles. The molecule has 0 saturated carbocycles. The van der Waals surface area contributed by atoms with Crippen molar-refractivity contribution >= 4 is 0 Å². The summed E-state index contributed by atoms with van der Waals surface area (Å²) in [7, 11) is 1.82. The molecule has 4 heterocycles. The monoisotopic (exact) mass is 223 g/mol. The Bertz CT molecular complexity index is 371. The Hall–Kier alpha value is -0.980. The van der Waals surface area contributed by atoms with Crippen molar-refractivity contribution in [3.05, 3.63) is 11.9 Å². The number of aliphatic hydroxyl groups is 1. The van der Waals surface area contributed by atoms with Crippen molar-refractivity contribution < 1.29 is 5.11 Å². The topological polar surface area (TPSA) is 57.4 Å². The zero-order valence-electron chi connectivity index (χ0n) is 9.45. The van der Waals surface area contributed by atoms with Gasteiger partial charge in [-0.15, -0.1) is 5.10 Å². The highest BCUT2D eigenvalue weighted by atomic mass is 16.3. The van der Waals surface area contributed by atoms with Gasteiger partial charge in [-0.25, -0.2) is 4.68 Å². The number of hydrogen-bond acceptors (Lipinski definition) is 5. The Morgan fingerprint density at radius 3 is 2.62 bits per heavy atom. The van der Waals surface area contributed by atoms with Gasteiger partial charge in [0.15, 0.2) is 0 Å². The van der Waals surface area contributed by atoms with Crippen molar-refractivity contribution in [3.8, 4) is 0 Å². The normalized spacial score (nSPS) is 35.2. The first-order valence-electron chi connectivity index (χ1n) is 5.75. The number of aliphatic hydroxyl groups excluding tert-OH is 1. The summed E-state index contributed by atoms with van der Waals surface area (Å²) >= 11 is 0. The lowest BCUT2D eigenvalue weighted by atomic mass is 10.0. The standard InChI is InChI=1S/C10H17N5O/c1-13-8(6-11-12-13)10(16)9-7-14-2-4-15(9)5-3-14/h6,9-10,16H,2-5,7H2,1H3. The van der Waals surface area contributed by atoms with E-state index >= 15 is 0 Å². The molecule has 0 aliphatic carbocycles. The van der Waals surface area contributed by atoms with Gasteiger partial charge in [-0.2, -0.15) is 0 Å². The second-order valence-corrected chi connectivity index (χ2v) is 4.63. The van der Waals surface area contributed by atoms with Crippen molar-refractivity contribution in [3.63, 3.8) is 0 Å². The number of hydrogen-bond donors (Lipinski definition) is 1. The van der Waals surface area contributed by atoms with Crippen molar-refractivity contribution in [2.24, 2.45) is 7.05 Å². The Balaban J connectivity index is 1.80. The van der Waals surface area contributed by atoms with E-state index < -0.39 is 6.10 Å². The minimum absolute atomic E-state index is 0.194. The highest BCUT2D eigenvalue weighted by Gasteiger charge is 2.37. The number of aryl methyl sites for hydroxylation is 1. The van der Waals surface area contributed by atoms with Crippen molar-refractivity contribution in [1.29, 1.82) is 0 Å². The van der Waals surface area contributed by atoms with Crippen LogP contribution in [-0.4, -0.2) is 68.7 Å². The molecule has 16 heavy (non-hydrogen) atoms. The third-order valence-corrected chi connectivity index (χ3v) is 3.74. The van der Waals surface area contributed by atoms with Crippen LogP contribution in [0.3, 0.4) is 0 Å². The summed E-state index contributed by atoms with van der Waals surface area (Å²) < 4.78 is 1.66. The van der Waals surface area contributed by atoms with E-state index in [4.69, 9.17) is 0 Å². The molecular weight excluding hydrogens is 206 g/mol. The summed E-state index contributed by atoms with van der Waals surface area (Å²) in [4.78, 5) is 4.79. The molecule has 0 spiro atoms. The van der Waals surface area contributed by atoms with E-state index in [1.807, 2.05) is 7.05 Å². The molecular formula is C10H17N5O. The van der Waals surface area contributed by atoms with Gasteiger partial charge in [-0.3, -0.25) is 9.80 Å². The zero-order chi connectivity index (χ0) is 11.1. The second-order valence-electron chi connectivity index (χ2n) is 4.63. The molecule has 3 saturated heterocycles. The first kappa shape index (κ1) is 10.2. The molecule has 3 aliphatic heterocycles. The van der Waals surface area contributed by atoms with Gasteiger partial charge in [0.25, 0.3) is 0 Å². The Morgan fingerprint density at radius 1 is 1.38 bits per heavy atom. The fourth-order valence-corrected chi connectivity index (χ4v) is 2.72. The lowest BCUT2D eigenvalue weighted by Crippen LogP contribution is -2.62. The van der Waals surface area contributed by atoms with Crippen LogP contribution in [0.5, 0.6) is 0 Å². The van der Waals surface area contributed by atoms with Gasteiger partial charge in [-0.05, 0) is 0 Å². The average Bonchev–Trinajstić information content (AvgIpc) is 2.76. The molecule has 6 heteroatoms.